The molecule has 2 aliphatic rings. The molecule has 0 amide bonds. The first-order chi connectivity index (χ1) is 8.36. The Hall–Kier alpha value is -1.30. The molecule has 0 aliphatic carbocycles. The second-order valence-corrected chi connectivity index (χ2v) is 4.29. The second-order valence-electron chi connectivity index (χ2n) is 4.29. The number of para-hydroxylation sites is 1. The van der Waals surface area contributed by atoms with Gasteiger partial charge in [-0.05, 0) is 6.07 Å². The first kappa shape index (κ1) is 10.8. The molecular weight excluding hydrogens is 222 g/mol. The van der Waals surface area contributed by atoms with Crippen LogP contribution in [0.3, 0.4) is 0 Å². The highest BCUT2D eigenvalue weighted by Crippen LogP contribution is 2.33. The Labute approximate surface area is 99.4 Å². The summed E-state index contributed by atoms with van der Waals surface area (Å²) in [6.07, 6.45) is 1.32. The summed E-state index contributed by atoms with van der Waals surface area (Å²) in [5.74, 6) is 6.59. The van der Waals surface area contributed by atoms with Crippen LogP contribution in [0.5, 0.6) is 11.5 Å². The quantitative estimate of drug-likeness (QED) is 0.581. The van der Waals surface area contributed by atoms with Crippen LogP contribution in [0.25, 0.3) is 0 Å². The molecule has 3 rings (SSSR count). The Kier molecular flexibility index (Phi) is 2.88. The van der Waals surface area contributed by atoms with Crippen molar-refractivity contribution in [3.05, 3.63) is 23.8 Å². The number of epoxide rings is 2. The van der Waals surface area contributed by atoms with E-state index in [-0.39, 0.29) is 6.10 Å². The van der Waals surface area contributed by atoms with E-state index in [1.165, 1.54) is 0 Å². The predicted molar refractivity (Wildman–Crippen MR) is 59.9 cm³/mol. The van der Waals surface area contributed by atoms with Gasteiger partial charge in [-0.1, -0.05) is 12.1 Å². The SMILES string of the molecule is NOc1c(CC2CO2)cccc1OCC1CO1. The van der Waals surface area contributed by atoms with Crippen molar-refractivity contribution < 1.29 is 19.0 Å². The van der Waals surface area contributed by atoms with Crippen LogP contribution >= 0.6 is 0 Å². The minimum absolute atomic E-state index is 0.219. The second kappa shape index (κ2) is 4.52. The highest BCUT2D eigenvalue weighted by molar-refractivity contribution is 5.47. The zero-order valence-electron chi connectivity index (χ0n) is 9.43. The van der Waals surface area contributed by atoms with E-state index in [1.54, 1.807) is 0 Å². The average molecular weight is 237 g/mol. The molecule has 2 aliphatic heterocycles. The van der Waals surface area contributed by atoms with E-state index in [9.17, 15) is 0 Å². The van der Waals surface area contributed by atoms with E-state index in [2.05, 4.69) is 0 Å². The highest BCUT2D eigenvalue weighted by Gasteiger charge is 2.27. The Morgan fingerprint density at radius 3 is 2.65 bits per heavy atom. The summed E-state index contributed by atoms with van der Waals surface area (Å²) >= 11 is 0. The van der Waals surface area contributed by atoms with E-state index >= 15 is 0 Å². The predicted octanol–water partition coefficient (Wildman–Crippen LogP) is 0.658. The summed E-state index contributed by atoms with van der Waals surface area (Å²) in [5.41, 5.74) is 1.02. The van der Waals surface area contributed by atoms with Crippen LogP contribution in [0.15, 0.2) is 18.2 Å². The molecule has 2 atom stereocenters. The van der Waals surface area contributed by atoms with Gasteiger partial charge in [-0.25, -0.2) is 0 Å². The van der Waals surface area contributed by atoms with Gasteiger partial charge in [-0.15, -0.1) is 0 Å². The number of rotatable bonds is 6. The average Bonchev–Trinajstić information content (AvgIpc) is 3.21. The van der Waals surface area contributed by atoms with Crippen LogP contribution in [0.4, 0.5) is 0 Å². The van der Waals surface area contributed by atoms with Gasteiger partial charge in [0.2, 0.25) is 0 Å². The van der Waals surface area contributed by atoms with Gasteiger partial charge in [0.1, 0.15) is 12.7 Å². The van der Waals surface area contributed by atoms with Crippen LogP contribution in [-0.2, 0) is 15.9 Å². The lowest BCUT2D eigenvalue weighted by Gasteiger charge is -2.12. The van der Waals surface area contributed by atoms with Crippen molar-refractivity contribution >= 4 is 0 Å². The van der Waals surface area contributed by atoms with Crippen LogP contribution in [0.1, 0.15) is 5.56 Å². The monoisotopic (exact) mass is 237 g/mol. The molecule has 1 aromatic rings. The van der Waals surface area contributed by atoms with Gasteiger partial charge in [0.05, 0.1) is 19.3 Å². The number of nitrogens with two attached hydrogens (primary N) is 1. The third kappa shape index (κ3) is 2.69. The van der Waals surface area contributed by atoms with E-state index in [0.29, 0.717) is 24.2 Å². The maximum atomic E-state index is 5.62. The van der Waals surface area contributed by atoms with Crippen LogP contribution in [0.2, 0.25) is 0 Å². The van der Waals surface area contributed by atoms with Crippen molar-refractivity contribution in [1.82, 2.24) is 0 Å². The Morgan fingerprint density at radius 1 is 1.24 bits per heavy atom. The number of hydrogen-bond acceptors (Lipinski definition) is 5. The molecule has 0 radical (unpaired) electrons. The van der Waals surface area contributed by atoms with Crippen molar-refractivity contribution in [2.75, 3.05) is 19.8 Å². The van der Waals surface area contributed by atoms with Crippen molar-refractivity contribution in [3.63, 3.8) is 0 Å². The first-order valence-corrected chi connectivity index (χ1v) is 5.71. The van der Waals surface area contributed by atoms with Gasteiger partial charge in [-0.3, -0.25) is 0 Å². The molecule has 2 N–H and O–H groups in total. The van der Waals surface area contributed by atoms with Crippen LogP contribution in [-0.4, -0.2) is 32.0 Å². The lowest BCUT2D eigenvalue weighted by molar-refractivity contribution is 0.242. The van der Waals surface area contributed by atoms with Gasteiger partial charge >= 0.3 is 0 Å². The minimum Gasteiger partial charge on any atom is -0.487 e. The Bertz CT molecular complexity index is 401. The number of benzene rings is 1. The van der Waals surface area contributed by atoms with Gasteiger partial charge in [0.25, 0.3) is 0 Å². The van der Waals surface area contributed by atoms with Crippen LogP contribution in [0, 0.1) is 0 Å². The van der Waals surface area contributed by atoms with Crippen molar-refractivity contribution in [2.24, 2.45) is 5.90 Å². The van der Waals surface area contributed by atoms with Crippen molar-refractivity contribution in [1.29, 1.82) is 0 Å². The first-order valence-electron chi connectivity index (χ1n) is 5.71. The summed E-state index contributed by atoms with van der Waals surface area (Å²) in [6.45, 7) is 2.12. The minimum atomic E-state index is 0.219. The van der Waals surface area contributed by atoms with E-state index < -0.39 is 0 Å². The fourth-order valence-electron chi connectivity index (χ4n) is 1.75. The van der Waals surface area contributed by atoms with E-state index in [1.807, 2.05) is 18.2 Å². The molecule has 2 heterocycles. The van der Waals surface area contributed by atoms with Crippen molar-refractivity contribution in [3.8, 4) is 11.5 Å². The van der Waals surface area contributed by atoms with E-state index in [4.69, 9.17) is 24.9 Å². The molecule has 2 fully saturated rings. The smallest absolute Gasteiger partial charge is 0.191 e. The molecule has 5 nitrogen and oxygen atoms in total. The van der Waals surface area contributed by atoms with Gasteiger partial charge in [0, 0.05) is 12.0 Å². The highest BCUT2D eigenvalue weighted by atomic mass is 16.6. The fourth-order valence-corrected chi connectivity index (χ4v) is 1.75. The molecule has 0 aromatic heterocycles. The maximum absolute atomic E-state index is 5.62. The molecule has 0 bridgehead atoms. The summed E-state index contributed by atoms with van der Waals surface area (Å²) in [7, 11) is 0. The largest absolute Gasteiger partial charge is 0.487 e. The normalized spacial score (nSPS) is 25.5. The van der Waals surface area contributed by atoms with Gasteiger partial charge in [0.15, 0.2) is 11.5 Å². The molecule has 2 saturated heterocycles. The van der Waals surface area contributed by atoms with Gasteiger partial charge in [-0.2, -0.15) is 5.90 Å². The lowest BCUT2D eigenvalue weighted by Crippen LogP contribution is -2.11. The molecule has 17 heavy (non-hydrogen) atoms. The molecule has 1 aromatic carbocycles. The zero-order valence-corrected chi connectivity index (χ0v) is 9.43. The lowest BCUT2D eigenvalue weighted by atomic mass is 10.1. The zero-order chi connectivity index (χ0) is 11.7. The van der Waals surface area contributed by atoms with Crippen molar-refractivity contribution in [2.45, 2.75) is 18.6 Å². The fraction of sp³-hybridized carbons (Fsp3) is 0.500. The summed E-state index contributed by atoms with van der Waals surface area (Å²) in [5, 5.41) is 0. The van der Waals surface area contributed by atoms with Crippen LogP contribution < -0.4 is 15.5 Å². The molecule has 0 spiro atoms. The maximum Gasteiger partial charge on any atom is 0.191 e. The molecular formula is C12H15NO4. The molecule has 0 saturated carbocycles. The van der Waals surface area contributed by atoms with E-state index in [0.717, 1.165) is 25.2 Å². The number of hydrogen-bond donors (Lipinski definition) is 1. The summed E-state index contributed by atoms with van der Waals surface area (Å²) < 4.78 is 15.9. The molecule has 5 heteroatoms. The van der Waals surface area contributed by atoms with Gasteiger partial charge < -0.3 is 19.0 Å². The third-order valence-corrected chi connectivity index (χ3v) is 2.86. The number of ether oxygens (including phenoxy) is 3. The standard InChI is InChI=1S/C12H15NO4/c13-17-12-8(4-9-5-14-9)2-1-3-11(12)16-7-10-6-15-10/h1-3,9-10H,4-7,13H2. The Morgan fingerprint density at radius 2 is 2.00 bits per heavy atom. The third-order valence-electron chi connectivity index (χ3n) is 2.86. The summed E-state index contributed by atoms with van der Waals surface area (Å²) in [6, 6.07) is 5.76. The molecule has 2 unspecified atom stereocenters. The topological polar surface area (TPSA) is 69.5 Å². The Balaban J connectivity index is 1.74. The summed E-state index contributed by atoms with van der Waals surface area (Å²) in [4.78, 5) is 4.94. The molecule has 92 valence electrons.